The fourth-order valence-corrected chi connectivity index (χ4v) is 3.80. The molecule has 0 spiro atoms. The summed E-state index contributed by atoms with van der Waals surface area (Å²) in [7, 11) is -3.25. The van der Waals surface area contributed by atoms with Gasteiger partial charge in [-0.1, -0.05) is 51.0 Å². The summed E-state index contributed by atoms with van der Waals surface area (Å²) in [5, 5.41) is 3.47. The highest BCUT2D eigenvalue weighted by Gasteiger charge is 2.12. The van der Waals surface area contributed by atoms with Crippen LogP contribution in [0, 0.1) is 5.92 Å². The SMILES string of the molecule is CCC(CC)CNCc1ccc(CS(=O)(=O)NC(C)C)cc1. The molecule has 0 aliphatic heterocycles. The van der Waals surface area contributed by atoms with Crippen molar-refractivity contribution in [3.05, 3.63) is 35.4 Å². The predicted molar refractivity (Wildman–Crippen MR) is 93.1 cm³/mol. The second-order valence-electron chi connectivity index (χ2n) is 6.16. The van der Waals surface area contributed by atoms with Gasteiger partial charge in [-0.25, -0.2) is 13.1 Å². The number of hydrogen-bond donors (Lipinski definition) is 2. The Kier molecular flexibility index (Phi) is 8.07. The van der Waals surface area contributed by atoms with E-state index in [0.29, 0.717) is 0 Å². The van der Waals surface area contributed by atoms with E-state index in [0.717, 1.165) is 24.6 Å². The molecule has 0 radical (unpaired) electrons. The van der Waals surface area contributed by atoms with Crippen LogP contribution < -0.4 is 10.0 Å². The summed E-state index contributed by atoms with van der Waals surface area (Å²) in [4.78, 5) is 0. The molecule has 1 rings (SSSR count). The Hall–Kier alpha value is -0.910. The standard InChI is InChI=1S/C17H30N2O2S/c1-5-15(6-2)11-18-12-16-7-9-17(10-8-16)13-22(20,21)19-14(3)4/h7-10,14-15,18-19H,5-6,11-13H2,1-4H3. The van der Waals surface area contributed by atoms with Crippen molar-refractivity contribution in [2.24, 2.45) is 5.92 Å². The molecule has 0 aliphatic carbocycles. The second kappa shape index (κ2) is 9.28. The molecular weight excluding hydrogens is 296 g/mol. The van der Waals surface area contributed by atoms with Crippen molar-refractivity contribution in [1.29, 1.82) is 0 Å². The van der Waals surface area contributed by atoms with Crippen LogP contribution in [-0.4, -0.2) is 21.0 Å². The van der Waals surface area contributed by atoms with Gasteiger partial charge in [0.25, 0.3) is 0 Å². The lowest BCUT2D eigenvalue weighted by molar-refractivity contribution is 0.449. The first-order valence-electron chi connectivity index (χ1n) is 8.14. The van der Waals surface area contributed by atoms with Gasteiger partial charge in [-0.15, -0.1) is 0 Å². The average molecular weight is 327 g/mol. The Morgan fingerprint density at radius 1 is 1.00 bits per heavy atom. The van der Waals surface area contributed by atoms with Gasteiger partial charge < -0.3 is 5.32 Å². The molecule has 126 valence electrons. The number of rotatable bonds is 10. The monoisotopic (exact) mass is 326 g/mol. The first kappa shape index (κ1) is 19.1. The quantitative estimate of drug-likeness (QED) is 0.695. The lowest BCUT2D eigenvalue weighted by atomic mass is 10.0. The molecule has 1 aromatic carbocycles. The third-order valence-corrected chi connectivity index (χ3v) is 5.26. The van der Waals surface area contributed by atoms with E-state index in [9.17, 15) is 8.42 Å². The van der Waals surface area contributed by atoms with Crippen LogP contribution in [0.4, 0.5) is 0 Å². The van der Waals surface area contributed by atoms with Gasteiger partial charge in [0.1, 0.15) is 0 Å². The van der Waals surface area contributed by atoms with E-state index in [4.69, 9.17) is 0 Å². The van der Waals surface area contributed by atoms with Crippen LogP contribution in [-0.2, 0) is 22.3 Å². The minimum Gasteiger partial charge on any atom is -0.312 e. The highest BCUT2D eigenvalue weighted by molar-refractivity contribution is 7.88. The van der Waals surface area contributed by atoms with E-state index < -0.39 is 10.0 Å². The van der Waals surface area contributed by atoms with Crippen molar-refractivity contribution in [2.45, 2.75) is 58.9 Å². The Bertz CT molecular complexity index is 520. The topological polar surface area (TPSA) is 58.2 Å². The van der Waals surface area contributed by atoms with E-state index in [2.05, 4.69) is 23.9 Å². The van der Waals surface area contributed by atoms with E-state index in [1.807, 2.05) is 38.1 Å². The minimum absolute atomic E-state index is 0.0344. The average Bonchev–Trinajstić information content (AvgIpc) is 2.43. The van der Waals surface area contributed by atoms with Crippen molar-refractivity contribution < 1.29 is 8.42 Å². The normalized spacial score (nSPS) is 12.3. The zero-order chi connectivity index (χ0) is 16.6. The van der Waals surface area contributed by atoms with Crippen molar-refractivity contribution in [2.75, 3.05) is 6.54 Å². The molecule has 0 aromatic heterocycles. The zero-order valence-electron chi connectivity index (χ0n) is 14.2. The summed E-state index contributed by atoms with van der Waals surface area (Å²) in [6.45, 7) is 9.94. The molecule has 0 saturated heterocycles. The smallest absolute Gasteiger partial charge is 0.216 e. The molecule has 0 fully saturated rings. The van der Waals surface area contributed by atoms with Crippen LogP contribution in [0.2, 0.25) is 0 Å². The number of benzene rings is 1. The van der Waals surface area contributed by atoms with Gasteiger partial charge >= 0.3 is 0 Å². The number of nitrogens with one attached hydrogen (secondary N) is 2. The maximum atomic E-state index is 11.9. The minimum atomic E-state index is -3.25. The summed E-state index contributed by atoms with van der Waals surface area (Å²) in [5.74, 6) is 0.763. The summed E-state index contributed by atoms with van der Waals surface area (Å²) in [6, 6.07) is 7.72. The second-order valence-corrected chi connectivity index (χ2v) is 7.92. The maximum Gasteiger partial charge on any atom is 0.216 e. The van der Waals surface area contributed by atoms with Crippen LogP contribution in [0.1, 0.15) is 51.7 Å². The third kappa shape index (κ3) is 7.38. The molecule has 0 saturated carbocycles. The molecule has 0 heterocycles. The van der Waals surface area contributed by atoms with Crippen LogP contribution in [0.5, 0.6) is 0 Å². The van der Waals surface area contributed by atoms with Gasteiger partial charge in [-0.05, 0) is 37.4 Å². The van der Waals surface area contributed by atoms with E-state index in [1.165, 1.54) is 18.4 Å². The largest absolute Gasteiger partial charge is 0.312 e. The van der Waals surface area contributed by atoms with Crippen LogP contribution in [0.3, 0.4) is 0 Å². The van der Waals surface area contributed by atoms with Crippen LogP contribution >= 0.6 is 0 Å². The summed E-state index contributed by atoms with van der Waals surface area (Å²) < 4.78 is 26.4. The summed E-state index contributed by atoms with van der Waals surface area (Å²) in [6.07, 6.45) is 2.40. The fraction of sp³-hybridized carbons (Fsp3) is 0.647. The molecule has 2 N–H and O–H groups in total. The van der Waals surface area contributed by atoms with Crippen molar-refractivity contribution in [1.82, 2.24) is 10.0 Å². The zero-order valence-corrected chi connectivity index (χ0v) is 15.0. The van der Waals surface area contributed by atoms with E-state index in [1.54, 1.807) is 0 Å². The Labute approximate surface area is 135 Å². The van der Waals surface area contributed by atoms with Crippen LogP contribution in [0.25, 0.3) is 0 Å². The van der Waals surface area contributed by atoms with Gasteiger partial charge in [0.05, 0.1) is 5.75 Å². The van der Waals surface area contributed by atoms with Crippen LogP contribution in [0.15, 0.2) is 24.3 Å². The molecule has 0 aliphatic rings. The van der Waals surface area contributed by atoms with Gasteiger partial charge in [-0.2, -0.15) is 0 Å². The lowest BCUT2D eigenvalue weighted by Crippen LogP contribution is -2.31. The first-order valence-corrected chi connectivity index (χ1v) is 9.80. The van der Waals surface area contributed by atoms with Crippen molar-refractivity contribution in [3.8, 4) is 0 Å². The maximum absolute atomic E-state index is 11.9. The Morgan fingerprint density at radius 2 is 1.55 bits per heavy atom. The van der Waals surface area contributed by atoms with Gasteiger partial charge in [0, 0.05) is 12.6 Å². The van der Waals surface area contributed by atoms with Gasteiger partial charge in [0.15, 0.2) is 0 Å². The van der Waals surface area contributed by atoms with Crippen molar-refractivity contribution >= 4 is 10.0 Å². The van der Waals surface area contributed by atoms with E-state index >= 15 is 0 Å². The predicted octanol–water partition coefficient (Wildman–Crippen LogP) is 3.04. The molecule has 0 atom stereocenters. The summed E-state index contributed by atoms with van der Waals surface area (Å²) in [5.41, 5.74) is 2.00. The third-order valence-electron chi connectivity index (χ3n) is 3.71. The lowest BCUT2D eigenvalue weighted by Gasteiger charge is -2.13. The summed E-state index contributed by atoms with van der Waals surface area (Å²) >= 11 is 0. The molecule has 0 bridgehead atoms. The Morgan fingerprint density at radius 3 is 2.05 bits per heavy atom. The molecule has 0 unspecified atom stereocenters. The Balaban J connectivity index is 2.49. The molecule has 0 amide bonds. The highest BCUT2D eigenvalue weighted by atomic mass is 32.2. The first-order chi connectivity index (χ1) is 10.4. The molecule has 4 nitrogen and oxygen atoms in total. The van der Waals surface area contributed by atoms with Crippen molar-refractivity contribution in [3.63, 3.8) is 0 Å². The number of hydrogen-bond acceptors (Lipinski definition) is 3. The molecule has 22 heavy (non-hydrogen) atoms. The molecule has 5 heteroatoms. The number of sulfonamides is 1. The van der Waals surface area contributed by atoms with Gasteiger partial charge in [-0.3, -0.25) is 0 Å². The molecular formula is C17H30N2O2S. The van der Waals surface area contributed by atoms with Gasteiger partial charge in [0.2, 0.25) is 10.0 Å². The molecule has 1 aromatic rings. The van der Waals surface area contributed by atoms with E-state index in [-0.39, 0.29) is 11.8 Å². The highest BCUT2D eigenvalue weighted by Crippen LogP contribution is 2.09. The fourth-order valence-electron chi connectivity index (χ4n) is 2.37.